The first-order valence-electron chi connectivity index (χ1n) is 5.09. The second-order valence-corrected chi connectivity index (χ2v) is 3.27. The molecule has 0 aliphatic carbocycles. The number of aromatic carboxylic acids is 1. The zero-order valence-corrected chi connectivity index (χ0v) is 9.27. The zero-order valence-electron chi connectivity index (χ0n) is 9.27. The van der Waals surface area contributed by atoms with Crippen LogP contribution in [0.1, 0.15) is 41.3 Å². The third-order valence-corrected chi connectivity index (χ3v) is 2.10. The summed E-state index contributed by atoms with van der Waals surface area (Å²) < 4.78 is 4.52. The number of aromatic nitrogens is 1. The number of nitrogens with zero attached hydrogens (tertiary/aromatic N) is 2. The van der Waals surface area contributed by atoms with Crippen LogP contribution in [0.3, 0.4) is 0 Å². The molecule has 1 rings (SSSR count). The highest BCUT2D eigenvalue weighted by Gasteiger charge is 2.20. The van der Waals surface area contributed by atoms with Gasteiger partial charge in [0.25, 0.3) is 5.91 Å². The predicted molar refractivity (Wildman–Crippen MR) is 55.3 cm³/mol. The molecule has 0 aliphatic heterocycles. The van der Waals surface area contributed by atoms with Crippen molar-refractivity contribution in [1.29, 1.82) is 0 Å². The molecule has 1 N–H and O–H groups in total. The summed E-state index contributed by atoms with van der Waals surface area (Å²) in [6, 6.07) is 1.14. The first-order valence-corrected chi connectivity index (χ1v) is 5.09. The first kappa shape index (κ1) is 12.2. The van der Waals surface area contributed by atoms with E-state index in [1.165, 1.54) is 0 Å². The molecular weight excluding hydrogens is 212 g/mol. The van der Waals surface area contributed by atoms with Gasteiger partial charge >= 0.3 is 5.97 Å². The number of carboxylic acid groups (broad SMARTS) is 1. The number of hydrogen-bond donors (Lipinski definition) is 1. The van der Waals surface area contributed by atoms with Crippen LogP contribution < -0.4 is 0 Å². The van der Waals surface area contributed by atoms with Gasteiger partial charge in [-0.3, -0.25) is 4.79 Å². The van der Waals surface area contributed by atoms with Crippen molar-refractivity contribution in [3.8, 4) is 0 Å². The van der Waals surface area contributed by atoms with E-state index < -0.39 is 5.97 Å². The minimum absolute atomic E-state index is 0.0349. The number of carbonyl (C=O) groups excluding carboxylic acids is 1. The monoisotopic (exact) mass is 226 g/mol. The standard InChI is InChI=1S/C10H14N2O4/c1-3-5-12(4-2)9(13)7-6-8(10(14)15)16-11-7/h6H,3-5H2,1-2H3,(H,14,15). The van der Waals surface area contributed by atoms with Crippen LogP contribution in [-0.2, 0) is 0 Å². The van der Waals surface area contributed by atoms with E-state index in [0.29, 0.717) is 13.1 Å². The summed E-state index contributed by atoms with van der Waals surface area (Å²) in [5.74, 6) is -1.86. The fourth-order valence-corrected chi connectivity index (χ4v) is 1.31. The number of carboxylic acids is 1. The van der Waals surface area contributed by atoms with Crippen LogP contribution in [0.5, 0.6) is 0 Å². The van der Waals surface area contributed by atoms with Crippen molar-refractivity contribution in [2.24, 2.45) is 0 Å². The van der Waals surface area contributed by atoms with Crippen LogP contribution in [-0.4, -0.2) is 40.1 Å². The normalized spacial score (nSPS) is 10.1. The predicted octanol–water partition coefficient (Wildman–Crippen LogP) is 1.24. The highest BCUT2D eigenvalue weighted by molar-refractivity contribution is 5.94. The fourth-order valence-electron chi connectivity index (χ4n) is 1.31. The molecule has 0 fully saturated rings. The van der Waals surface area contributed by atoms with Gasteiger partial charge in [-0.05, 0) is 13.3 Å². The Hall–Kier alpha value is -1.85. The maximum atomic E-state index is 11.8. The number of hydrogen-bond acceptors (Lipinski definition) is 4. The van der Waals surface area contributed by atoms with Crippen molar-refractivity contribution in [3.63, 3.8) is 0 Å². The molecule has 0 aromatic carbocycles. The summed E-state index contributed by atoms with van der Waals surface area (Å²) in [5.41, 5.74) is 0.0349. The fraction of sp³-hybridized carbons (Fsp3) is 0.500. The molecule has 0 radical (unpaired) electrons. The highest BCUT2D eigenvalue weighted by atomic mass is 16.5. The average molecular weight is 226 g/mol. The van der Waals surface area contributed by atoms with Gasteiger partial charge in [0, 0.05) is 19.2 Å². The maximum absolute atomic E-state index is 11.8. The molecule has 6 nitrogen and oxygen atoms in total. The van der Waals surface area contributed by atoms with E-state index in [1.54, 1.807) is 4.90 Å². The second kappa shape index (κ2) is 5.29. The number of rotatable bonds is 5. The molecule has 0 spiro atoms. The molecule has 1 aromatic heterocycles. The Morgan fingerprint density at radius 1 is 1.50 bits per heavy atom. The molecule has 0 saturated heterocycles. The van der Waals surface area contributed by atoms with Crippen molar-refractivity contribution in [3.05, 3.63) is 17.5 Å². The molecule has 0 bridgehead atoms. The van der Waals surface area contributed by atoms with Crippen molar-refractivity contribution >= 4 is 11.9 Å². The summed E-state index contributed by atoms with van der Waals surface area (Å²) >= 11 is 0. The van der Waals surface area contributed by atoms with Crippen LogP contribution in [0, 0.1) is 0 Å². The van der Waals surface area contributed by atoms with E-state index in [0.717, 1.165) is 12.5 Å². The third-order valence-electron chi connectivity index (χ3n) is 2.10. The second-order valence-electron chi connectivity index (χ2n) is 3.27. The van der Waals surface area contributed by atoms with Crippen LogP contribution in [0.25, 0.3) is 0 Å². The van der Waals surface area contributed by atoms with Gasteiger partial charge in [0.1, 0.15) is 0 Å². The molecular formula is C10H14N2O4. The van der Waals surface area contributed by atoms with Gasteiger partial charge in [-0.1, -0.05) is 12.1 Å². The molecule has 16 heavy (non-hydrogen) atoms. The average Bonchev–Trinajstić information content (AvgIpc) is 2.74. The lowest BCUT2D eigenvalue weighted by Gasteiger charge is -2.17. The quantitative estimate of drug-likeness (QED) is 0.816. The number of carbonyl (C=O) groups is 2. The lowest BCUT2D eigenvalue weighted by Crippen LogP contribution is -2.31. The Morgan fingerprint density at radius 3 is 2.62 bits per heavy atom. The SMILES string of the molecule is CCCN(CC)C(=O)c1cc(C(=O)O)on1. The minimum Gasteiger partial charge on any atom is -0.475 e. The Kier molecular flexibility index (Phi) is 4.04. The zero-order chi connectivity index (χ0) is 12.1. The van der Waals surface area contributed by atoms with Gasteiger partial charge in [-0.15, -0.1) is 0 Å². The van der Waals surface area contributed by atoms with Crippen molar-refractivity contribution in [2.75, 3.05) is 13.1 Å². The smallest absolute Gasteiger partial charge is 0.374 e. The topological polar surface area (TPSA) is 83.6 Å². The summed E-state index contributed by atoms with van der Waals surface area (Å²) in [6.45, 7) is 4.99. The molecule has 0 atom stereocenters. The van der Waals surface area contributed by atoms with Crippen LogP contribution in [0.15, 0.2) is 10.6 Å². The summed E-state index contributed by atoms with van der Waals surface area (Å²) in [7, 11) is 0. The lowest BCUT2D eigenvalue weighted by molar-refractivity contribution is 0.0648. The molecule has 88 valence electrons. The van der Waals surface area contributed by atoms with Gasteiger partial charge in [0.2, 0.25) is 5.76 Å². The molecule has 0 aliphatic rings. The highest BCUT2D eigenvalue weighted by Crippen LogP contribution is 2.07. The van der Waals surface area contributed by atoms with E-state index in [-0.39, 0.29) is 17.4 Å². The van der Waals surface area contributed by atoms with Gasteiger partial charge in [-0.2, -0.15) is 0 Å². The van der Waals surface area contributed by atoms with Gasteiger partial charge in [-0.25, -0.2) is 4.79 Å². The Bertz CT molecular complexity index is 386. The summed E-state index contributed by atoms with van der Waals surface area (Å²) in [4.78, 5) is 23.9. The van der Waals surface area contributed by atoms with Crippen LogP contribution in [0.2, 0.25) is 0 Å². The van der Waals surface area contributed by atoms with Gasteiger partial charge in [0.05, 0.1) is 0 Å². The van der Waals surface area contributed by atoms with Crippen LogP contribution >= 0.6 is 0 Å². The molecule has 1 amide bonds. The molecule has 6 heteroatoms. The molecule has 0 unspecified atom stereocenters. The lowest BCUT2D eigenvalue weighted by atomic mass is 10.3. The van der Waals surface area contributed by atoms with E-state index in [4.69, 9.17) is 5.11 Å². The van der Waals surface area contributed by atoms with E-state index >= 15 is 0 Å². The first-order chi connectivity index (χ1) is 7.60. The van der Waals surface area contributed by atoms with Crippen molar-refractivity contribution in [2.45, 2.75) is 20.3 Å². The Labute approximate surface area is 92.8 Å². The summed E-state index contributed by atoms with van der Waals surface area (Å²) in [6.07, 6.45) is 0.837. The van der Waals surface area contributed by atoms with E-state index in [1.807, 2.05) is 13.8 Å². The molecule has 1 aromatic rings. The molecule has 1 heterocycles. The maximum Gasteiger partial charge on any atom is 0.374 e. The van der Waals surface area contributed by atoms with Gasteiger partial charge < -0.3 is 14.5 Å². The van der Waals surface area contributed by atoms with Gasteiger partial charge in [0.15, 0.2) is 5.69 Å². The van der Waals surface area contributed by atoms with Crippen molar-refractivity contribution in [1.82, 2.24) is 10.1 Å². The minimum atomic E-state index is -1.23. The van der Waals surface area contributed by atoms with Crippen molar-refractivity contribution < 1.29 is 19.2 Å². The Balaban J connectivity index is 2.82. The number of amides is 1. The summed E-state index contributed by atoms with van der Waals surface area (Å²) in [5, 5.41) is 12.1. The largest absolute Gasteiger partial charge is 0.475 e. The van der Waals surface area contributed by atoms with E-state index in [2.05, 4.69) is 9.68 Å². The third kappa shape index (κ3) is 2.59. The molecule has 0 saturated carbocycles. The van der Waals surface area contributed by atoms with E-state index in [9.17, 15) is 9.59 Å². The van der Waals surface area contributed by atoms with Crippen LogP contribution in [0.4, 0.5) is 0 Å². The Morgan fingerprint density at radius 2 is 2.19 bits per heavy atom.